The molecule has 1 atom stereocenters. The summed E-state index contributed by atoms with van der Waals surface area (Å²) in [6, 6.07) is 30.6. The number of hydrogen-bond donors (Lipinski definition) is 2. The van der Waals surface area contributed by atoms with Gasteiger partial charge in [0.2, 0.25) is 0 Å². The van der Waals surface area contributed by atoms with Gasteiger partial charge in [-0.15, -0.1) is 0 Å². The van der Waals surface area contributed by atoms with Crippen molar-refractivity contribution in [2.24, 2.45) is 5.10 Å². The number of halogens is 1. The highest BCUT2D eigenvalue weighted by atomic mass is 35.5. The van der Waals surface area contributed by atoms with E-state index in [1.54, 1.807) is 12.1 Å². The average Bonchev–Trinajstić information content (AvgIpc) is 3.42. The summed E-state index contributed by atoms with van der Waals surface area (Å²) in [6.45, 7) is 0.209. The van der Waals surface area contributed by atoms with Crippen LogP contribution in [0.5, 0.6) is 0 Å². The van der Waals surface area contributed by atoms with Crippen molar-refractivity contribution in [3.05, 3.63) is 125 Å². The van der Waals surface area contributed by atoms with Crippen molar-refractivity contribution in [3.63, 3.8) is 0 Å². The molecule has 10 heteroatoms. The van der Waals surface area contributed by atoms with Crippen LogP contribution in [0, 0.1) is 0 Å². The Bertz CT molecular complexity index is 1640. The number of nitrogens with zero attached hydrogens (tertiary/aromatic N) is 3. The molecule has 1 unspecified atom stereocenters. The van der Waals surface area contributed by atoms with Gasteiger partial charge in [-0.05, 0) is 65.2 Å². The molecule has 5 rings (SSSR count). The van der Waals surface area contributed by atoms with Crippen molar-refractivity contribution in [1.82, 2.24) is 10.0 Å². The molecular weight excluding hydrogens is 558 g/mol. The summed E-state index contributed by atoms with van der Waals surface area (Å²) in [5, 5.41) is 10.1. The molecule has 0 aliphatic carbocycles. The summed E-state index contributed by atoms with van der Waals surface area (Å²) in [6.07, 6.45) is 0.659. The molecule has 210 valence electrons. The fourth-order valence-corrected chi connectivity index (χ4v) is 5.65. The molecule has 0 spiro atoms. The Morgan fingerprint density at radius 2 is 1.59 bits per heavy atom. The first-order chi connectivity index (χ1) is 19.7. The van der Waals surface area contributed by atoms with E-state index in [1.165, 1.54) is 12.1 Å². The molecule has 0 bridgehead atoms. The summed E-state index contributed by atoms with van der Waals surface area (Å²) < 4.78 is 27.9. The number of carbonyl (C=O) groups excluding carboxylic acids is 1. The highest BCUT2D eigenvalue weighted by Crippen LogP contribution is 2.37. The van der Waals surface area contributed by atoms with E-state index in [-0.39, 0.29) is 17.5 Å². The molecule has 0 fully saturated rings. The van der Waals surface area contributed by atoms with Crippen molar-refractivity contribution in [2.45, 2.75) is 23.9 Å². The number of amides is 2. The molecule has 0 saturated carbocycles. The monoisotopic (exact) mass is 587 g/mol. The van der Waals surface area contributed by atoms with E-state index >= 15 is 0 Å². The predicted octanol–water partition coefficient (Wildman–Crippen LogP) is 5.95. The van der Waals surface area contributed by atoms with Gasteiger partial charge in [-0.3, -0.25) is 5.01 Å². The van der Waals surface area contributed by atoms with E-state index in [1.807, 2.05) is 78.6 Å². The van der Waals surface area contributed by atoms with Gasteiger partial charge in [0.15, 0.2) is 0 Å². The largest absolute Gasteiger partial charge is 0.378 e. The minimum atomic E-state index is -4.07. The van der Waals surface area contributed by atoms with Gasteiger partial charge in [-0.2, -0.15) is 5.10 Å². The molecule has 8 nitrogen and oxygen atoms in total. The number of benzene rings is 4. The lowest BCUT2D eigenvalue weighted by molar-refractivity contribution is 0.245. The van der Waals surface area contributed by atoms with Crippen LogP contribution in [0.3, 0.4) is 0 Å². The maximum Gasteiger partial charge on any atom is 0.328 e. The molecule has 1 aliphatic rings. The van der Waals surface area contributed by atoms with Gasteiger partial charge in [-0.1, -0.05) is 66.2 Å². The Morgan fingerprint density at radius 1 is 0.927 bits per heavy atom. The Kier molecular flexibility index (Phi) is 8.28. The molecule has 4 aromatic rings. The number of carbonyl (C=O) groups is 1. The minimum Gasteiger partial charge on any atom is -0.378 e. The van der Waals surface area contributed by atoms with Crippen molar-refractivity contribution in [2.75, 3.05) is 24.0 Å². The molecular formula is C31H30ClN5O3S. The van der Waals surface area contributed by atoms with Crippen LogP contribution in [-0.2, 0) is 16.6 Å². The Labute approximate surface area is 245 Å². The summed E-state index contributed by atoms with van der Waals surface area (Å²) in [5.41, 5.74) is 5.64. The zero-order valence-electron chi connectivity index (χ0n) is 22.7. The van der Waals surface area contributed by atoms with Gasteiger partial charge >= 0.3 is 6.03 Å². The van der Waals surface area contributed by atoms with E-state index in [2.05, 4.69) is 34.3 Å². The van der Waals surface area contributed by atoms with Crippen molar-refractivity contribution >= 4 is 44.7 Å². The maximum atomic E-state index is 12.9. The molecule has 2 amide bonds. The van der Waals surface area contributed by atoms with Crippen LogP contribution in [0.2, 0.25) is 5.02 Å². The van der Waals surface area contributed by atoms with Crippen molar-refractivity contribution < 1.29 is 13.2 Å². The zero-order valence-corrected chi connectivity index (χ0v) is 24.2. The number of nitrogens with one attached hydrogen (secondary N) is 2. The van der Waals surface area contributed by atoms with Crippen LogP contribution < -0.4 is 19.9 Å². The predicted molar refractivity (Wildman–Crippen MR) is 164 cm³/mol. The summed E-state index contributed by atoms with van der Waals surface area (Å²) in [5.74, 6) is 0. The molecule has 1 aliphatic heterocycles. The summed E-state index contributed by atoms with van der Waals surface area (Å²) in [7, 11) is -0.0807. The third-order valence-corrected chi connectivity index (χ3v) is 8.42. The molecule has 2 N–H and O–H groups in total. The Balaban J connectivity index is 1.36. The Morgan fingerprint density at radius 3 is 2.22 bits per heavy atom. The summed E-state index contributed by atoms with van der Waals surface area (Å²) in [4.78, 5) is 14.3. The fourth-order valence-electron chi connectivity index (χ4n) is 4.59. The first kappa shape index (κ1) is 28.2. The van der Waals surface area contributed by atoms with Gasteiger partial charge in [0, 0.05) is 37.8 Å². The number of hydrogen-bond acceptors (Lipinski definition) is 6. The van der Waals surface area contributed by atoms with Crippen LogP contribution in [0.15, 0.2) is 113 Å². The lowest BCUT2D eigenvalue weighted by Crippen LogP contribution is -2.39. The molecule has 0 aromatic heterocycles. The smallest absolute Gasteiger partial charge is 0.328 e. The second-order valence-corrected chi connectivity index (χ2v) is 12.0. The van der Waals surface area contributed by atoms with E-state index in [0.717, 1.165) is 33.8 Å². The highest BCUT2D eigenvalue weighted by Gasteiger charge is 2.30. The van der Waals surface area contributed by atoms with Crippen molar-refractivity contribution in [3.8, 4) is 0 Å². The van der Waals surface area contributed by atoms with E-state index in [9.17, 15) is 13.2 Å². The normalized spacial score (nSPS) is 14.9. The average molecular weight is 588 g/mol. The standard InChI is InChI=1S/C31H30ClN5O3S/c1-36(2)26-14-10-23(11-15-26)29-20-30(24-8-12-25(32)13-9-24)37(34-29)27-16-18-28(19-17-27)41(39,40)35-31(38)33-21-22-6-4-3-5-7-22/h3-19,30H,20-21H2,1-2H3,(H2,33,35,38). The summed E-state index contributed by atoms with van der Waals surface area (Å²) >= 11 is 6.15. The number of anilines is 2. The molecule has 0 saturated heterocycles. The first-order valence-corrected chi connectivity index (χ1v) is 14.9. The third-order valence-electron chi connectivity index (χ3n) is 6.82. The maximum absolute atomic E-state index is 12.9. The van der Waals surface area contributed by atoms with E-state index in [4.69, 9.17) is 16.7 Å². The van der Waals surface area contributed by atoms with Gasteiger partial charge in [0.05, 0.1) is 22.3 Å². The molecule has 0 radical (unpaired) electrons. The number of urea groups is 1. The number of sulfonamides is 1. The number of hydrazone groups is 1. The highest BCUT2D eigenvalue weighted by molar-refractivity contribution is 7.90. The van der Waals surface area contributed by atoms with Crippen LogP contribution in [0.25, 0.3) is 0 Å². The number of rotatable bonds is 8. The molecule has 41 heavy (non-hydrogen) atoms. The van der Waals surface area contributed by atoms with Crippen LogP contribution in [0.4, 0.5) is 16.2 Å². The van der Waals surface area contributed by atoms with Crippen LogP contribution in [-0.4, -0.2) is 34.3 Å². The van der Waals surface area contributed by atoms with Gasteiger partial charge < -0.3 is 10.2 Å². The SMILES string of the molecule is CN(C)c1ccc(C2=NN(c3ccc(S(=O)(=O)NC(=O)NCc4ccccc4)cc3)C(c3ccc(Cl)cc3)C2)cc1. The second-order valence-electron chi connectivity index (χ2n) is 9.87. The lowest BCUT2D eigenvalue weighted by atomic mass is 9.98. The van der Waals surface area contributed by atoms with Crippen LogP contribution >= 0.6 is 11.6 Å². The van der Waals surface area contributed by atoms with Crippen LogP contribution in [0.1, 0.15) is 29.2 Å². The second kappa shape index (κ2) is 12.0. The third kappa shape index (κ3) is 6.70. The van der Waals surface area contributed by atoms with Crippen molar-refractivity contribution in [1.29, 1.82) is 0 Å². The Hall–Kier alpha value is -4.34. The first-order valence-electron chi connectivity index (χ1n) is 13.0. The lowest BCUT2D eigenvalue weighted by Gasteiger charge is -2.24. The fraction of sp³-hybridized carbons (Fsp3) is 0.161. The van der Waals surface area contributed by atoms with Gasteiger partial charge in [0.1, 0.15) is 0 Å². The van der Waals surface area contributed by atoms with Gasteiger partial charge in [-0.25, -0.2) is 17.9 Å². The minimum absolute atomic E-state index is 0.0261. The zero-order chi connectivity index (χ0) is 29.0. The van der Waals surface area contributed by atoms with Gasteiger partial charge in [0.25, 0.3) is 10.0 Å². The topological polar surface area (TPSA) is 94.1 Å². The molecule has 1 heterocycles. The molecule has 4 aromatic carbocycles. The quantitative estimate of drug-likeness (QED) is 0.266. The van der Waals surface area contributed by atoms with E-state index in [0.29, 0.717) is 11.4 Å². The van der Waals surface area contributed by atoms with E-state index < -0.39 is 16.1 Å².